The smallest absolute Gasteiger partial charge is 0.362 e. The van der Waals surface area contributed by atoms with Gasteiger partial charge in [0.25, 0.3) is 0 Å². The number of carbonyl (C=O) groups is 3. The predicted octanol–water partition coefficient (Wildman–Crippen LogP) is 14.5. The number of hydrogen-bond acceptors (Lipinski definition) is 6. The van der Waals surface area contributed by atoms with Gasteiger partial charge in [0, 0.05) is 19.3 Å². The van der Waals surface area contributed by atoms with Crippen LogP contribution in [-0.2, 0) is 28.6 Å². The topological polar surface area (TPSA) is 99.1 Å². The first-order chi connectivity index (χ1) is 30.6. The van der Waals surface area contributed by atoms with E-state index in [4.69, 9.17) is 14.2 Å². The first-order valence-corrected chi connectivity index (χ1v) is 25.1. The Hall–Kier alpha value is -3.49. The number of rotatable bonds is 44. The number of nitrogens with zero attached hydrogens (tertiary/aromatic N) is 1. The van der Waals surface area contributed by atoms with Crippen molar-refractivity contribution in [1.29, 1.82) is 0 Å². The van der Waals surface area contributed by atoms with Crippen molar-refractivity contribution in [1.82, 2.24) is 0 Å². The largest absolute Gasteiger partial charge is 0.477 e. The molecule has 0 bridgehead atoms. The number of esters is 2. The highest BCUT2D eigenvalue weighted by atomic mass is 16.6. The molecule has 0 spiro atoms. The average Bonchev–Trinajstić information content (AvgIpc) is 3.24. The Morgan fingerprint density at radius 1 is 0.492 bits per heavy atom. The molecule has 0 aromatic heterocycles. The predicted molar refractivity (Wildman–Crippen MR) is 266 cm³/mol. The molecule has 2 unspecified atom stereocenters. The number of quaternary nitrogens is 1. The molecule has 0 aromatic rings. The van der Waals surface area contributed by atoms with Crippen LogP contribution in [0, 0.1) is 0 Å². The number of carboxylic acids is 1. The molecule has 0 aliphatic carbocycles. The van der Waals surface area contributed by atoms with E-state index in [0.717, 1.165) is 83.5 Å². The fourth-order valence-corrected chi connectivity index (χ4v) is 6.91. The van der Waals surface area contributed by atoms with Gasteiger partial charge in [0.1, 0.15) is 6.61 Å². The first-order valence-electron chi connectivity index (χ1n) is 25.1. The zero-order valence-corrected chi connectivity index (χ0v) is 41.0. The van der Waals surface area contributed by atoms with E-state index in [2.05, 4.69) is 98.9 Å². The molecular weight excluding hydrogens is 787 g/mol. The zero-order valence-electron chi connectivity index (χ0n) is 41.0. The van der Waals surface area contributed by atoms with Gasteiger partial charge in [-0.15, -0.1) is 0 Å². The normalized spacial score (nSPS) is 13.6. The molecule has 0 aliphatic heterocycles. The molecule has 0 heterocycles. The Balaban J connectivity index is 4.35. The molecule has 8 nitrogen and oxygen atoms in total. The fourth-order valence-electron chi connectivity index (χ4n) is 6.91. The molecule has 0 radical (unpaired) electrons. The van der Waals surface area contributed by atoms with E-state index in [-0.39, 0.29) is 36.2 Å². The number of allylic oxidation sites excluding steroid dienone is 14. The van der Waals surface area contributed by atoms with E-state index in [1.54, 1.807) is 0 Å². The molecule has 0 aromatic carbocycles. The van der Waals surface area contributed by atoms with Crippen LogP contribution in [0.15, 0.2) is 85.1 Å². The van der Waals surface area contributed by atoms with Crippen LogP contribution < -0.4 is 0 Å². The van der Waals surface area contributed by atoms with Crippen molar-refractivity contribution in [3.8, 4) is 0 Å². The third-order valence-electron chi connectivity index (χ3n) is 10.8. The summed E-state index contributed by atoms with van der Waals surface area (Å²) < 4.78 is 17.3. The van der Waals surface area contributed by atoms with Crippen LogP contribution in [0.5, 0.6) is 0 Å². The minimum Gasteiger partial charge on any atom is -0.477 e. The number of aliphatic carboxylic acids is 1. The molecule has 0 amide bonds. The van der Waals surface area contributed by atoms with Gasteiger partial charge in [0.2, 0.25) is 0 Å². The van der Waals surface area contributed by atoms with Gasteiger partial charge in [-0.05, 0) is 89.9 Å². The van der Waals surface area contributed by atoms with Gasteiger partial charge in [-0.3, -0.25) is 9.59 Å². The summed E-state index contributed by atoms with van der Waals surface area (Å²) in [6, 6.07) is -0.625. The van der Waals surface area contributed by atoms with Crippen LogP contribution in [0.3, 0.4) is 0 Å². The summed E-state index contributed by atoms with van der Waals surface area (Å²) >= 11 is 0. The minimum atomic E-state index is -0.883. The summed E-state index contributed by atoms with van der Waals surface area (Å²) in [5.74, 6) is -1.52. The Morgan fingerprint density at radius 2 is 0.889 bits per heavy atom. The van der Waals surface area contributed by atoms with E-state index in [0.29, 0.717) is 19.3 Å². The van der Waals surface area contributed by atoms with Crippen molar-refractivity contribution in [2.24, 2.45) is 0 Å². The Kier molecular flexibility index (Phi) is 42.6. The second-order valence-electron chi connectivity index (χ2n) is 17.7. The van der Waals surface area contributed by atoms with Crippen molar-refractivity contribution in [2.45, 2.75) is 206 Å². The van der Waals surface area contributed by atoms with Gasteiger partial charge in [0.05, 0.1) is 34.4 Å². The van der Waals surface area contributed by atoms with E-state index in [1.165, 1.54) is 77.0 Å². The lowest BCUT2D eigenvalue weighted by molar-refractivity contribution is -0.887. The minimum absolute atomic E-state index is 0.0443. The number of carbonyl (C=O) groups excluding carboxylic acids is 2. The van der Waals surface area contributed by atoms with Crippen molar-refractivity contribution in [3.05, 3.63) is 85.1 Å². The van der Waals surface area contributed by atoms with Crippen LogP contribution in [0.4, 0.5) is 0 Å². The molecule has 0 rings (SSSR count). The molecule has 0 saturated heterocycles. The average molecular weight is 881 g/mol. The molecule has 360 valence electrons. The van der Waals surface area contributed by atoms with Crippen LogP contribution in [-0.4, -0.2) is 80.6 Å². The standard InChI is InChI=1S/C55H93NO7/c1-6-8-10-12-14-16-18-20-22-24-25-26-27-28-30-31-33-35-37-39-41-43-45-53(57)62-50-51(49-61-48-47-52(55(59)60)56(3,4)5)63-54(58)46-44-42-40-38-36-34-32-29-23-21-19-17-15-13-11-9-7-2/h8,10,14,16,20-23,25-26,28,30,33,35,51-52H,6-7,9,11-13,15,17-19,24,27,29,31-32,34,36-50H2,1-5H3/p+1/b10-8+,16-14+,22-20+,23-21+,26-25+,30-28+,35-33+. The molecule has 2 atom stereocenters. The molecule has 63 heavy (non-hydrogen) atoms. The fraction of sp³-hybridized carbons (Fsp3) is 0.691. The lowest BCUT2D eigenvalue weighted by atomic mass is 10.1. The van der Waals surface area contributed by atoms with Gasteiger partial charge < -0.3 is 23.8 Å². The van der Waals surface area contributed by atoms with Crippen molar-refractivity contribution >= 4 is 17.9 Å². The van der Waals surface area contributed by atoms with E-state index in [1.807, 2.05) is 21.1 Å². The molecule has 0 aliphatic rings. The van der Waals surface area contributed by atoms with E-state index >= 15 is 0 Å². The van der Waals surface area contributed by atoms with Gasteiger partial charge in [-0.2, -0.15) is 0 Å². The monoisotopic (exact) mass is 881 g/mol. The number of ether oxygens (including phenoxy) is 3. The molecule has 0 fully saturated rings. The van der Waals surface area contributed by atoms with Crippen LogP contribution in [0.1, 0.15) is 194 Å². The summed E-state index contributed by atoms with van der Waals surface area (Å²) in [5, 5.41) is 9.65. The number of carboxylic acid groups (broad SMARTS) is 1. The van der Waals surface area contributed by atoms with E-state index in [9.17, 15) is 19.5 Å². The second kappa shape index (κ2) is 45.1. The summed E-state index contributed by atoms with van der Waals surface area (Å²) in [7, 11) is 5.52. The van der Waals surface area contributed by atoms with Crippen molar-refractivity contribution in [3.63, 3.8) is 0 Å². The number of hydrogen-bond donors (Lipinski definition) is 1. The third kappa shape index (κ3) is 43.5. The second-order valence-corrected chi connectivity index (χ2v) is 17.7. The van der Waals surface area contributed by atoms with Gasteiger partial charge in [-0.25, -0.2) is 4.79 Å². The summed E-state index contributed by atoms with van der Waals surface area (Å²) in [6.45, 7) is 4.58. The van der Waals surface area contributed by atoms with Crippen LogP contribution in [0.2, 0.25) is 0 Å². The number of unbranched alkanes of at least 4 members (excludes halogenated alkanes) is 16. The Labute approximate surface area is 386 Å². The maximum Gasteiger partial charge on any atom is 0.362 e. The zero-order chi connectivity index (χ0) is 46.3. The SMILES string of the molecule is CC/C=C/C/C=C/C/C=C/C/C=C/C/C=C/C/C=C/CCCCCC(=O)OCC(COCCC(C(=O)O)[N+](C)(C)C)OC(=O)CCCCCCCCC/C=C/CCCCCCCC. The quantitative estimate of drug-likeness (QED) is 0.0282. The molecule has 0 saturated carbocycles. The highest BCUT2D eigenvalue weighted by Crippen LogP contribution is 2.14. The lowest BCUT2D eigenvalue weighted by Gasteiger charge is -2.31. The number of likely N-dealkylation sites (N-methyl/N-ethyl adjacent to an activating group) is 1. The van der Waals surface area contributed by atoms with Gasteiger partial charge in [0.15, 0.2) is 12.1 Å². The summed E-state index contributed by atoms with van der Waals surface area (Å²) in [4.78, 5) is 37.1. The first kappa shape index (κ1) is 59.5. The Bertz CT molecular complexity index is 1300. The third-order valence-corrected chi connectivity index (χ3v) is 10.8. The Morgan fingerprint density at radius 3 is 1.35 bits per heavy atom. The van der Waals surface area contributed by atoms with E-state index < -0.39 is 18.1 Å². The van der Waals surface area contributed by atoms with Crippen LogP contribution >= 0.6 is 0 Å². The molecular formula is C55H94NO7+. The lowest BCUT2D eigenvalue weighted by Crippen LogP contribution is -2.50. The molecule has 8 heteroatoms. The molecule has 1 N–H and O–H groups in total. The van der Waals surface area contributed by atoms with Gasteiger partial charge in [-0.1, -0.05) is 170 Å². The maximum absolute atomic E-state index is 12.8. The van der Waals surface area contributed by atoms with Crippen molar-refractivity contribution < 1.29 is 38.2 Å². The van der Waals surface area contributed by atoms with Gasteiger partial charge >= 0.3 is 17.9 Å². The maximum atomic E-state index is 12.8. The highest BCUT2D eigenvalue weighted by molar-refractivity contribution is 5.72. The summed E-state index contributed by atoms with van der Waals surface area (Å²) in [5.41, 5.74) is 0. The summed E-state index contributed by atoms with van der Waals surface area (Å²) in [6.07, 6.45) is 59.1. The highest BCUT2D eigenvalue weighted by Gasteiger charge is 2.31. The van der Waals surface area contributed by atoms with Crippen molar-refractivity contribution in [2.75, 3.05) is 41.0 Å². The van der Waals surface area contributed by atoms with Crippen LogP contribution in [0.25, 0.3) is 0 Å².